The molecule has 2 amide bonds. The molecule has 0 aliphatic carbocycles. The summed E-state index contributed by atoms with van der Waals surface area (Å²) < 4.78 is 11.2. The van der Waals surface area contributed by atoms with E-state index in [0.717, 1.165) is 36.3 Å². The van der Waals surface area contributed by atoms with E-state index in [-0.39, 0.29) is 30.3 Å². The second-order valence-electron chi connectivity index (χ2n) is 7.32. The molecule has 0 radical (unpaired) electrons. The number of hydrogen-bond acceptors (Lipinski definition) is 4. The van der Waals surface area contributed by atoms with Gasteiger partial charge in [0.15, 0.2) is 11.5 Å². The van der Waals surface area contributed by atoms with Crippen molar-refractivity contribution >= 4 is 11.8 Å². The Kier molecular flexibility index (Phi) is 6.01. The molecule has 2 aliphatic rings. The van der Waals surface area contributed by atoms with Gasteiger partial charge in [0.2, 0.25) is 11.8 Å². The minimum absolute atomic E-state index is 0.0816. The van der Waals surface area contributed by atoms with Gasteiger partial charge in [-0.3, -0.25) is 9.59 Å². The number of rotatable bonds is 5. The van der Waals surface area contributed by atoms with Crippen LogP contribution in [-0.2, 0) is 9.59 Å². The monoisotopic (exact) mass is 360 g/mol. The first-order valence-electron chi connectivity index (χ1n) is 9.51. The molecule has 2 heterocycles. The summed E-state index contributed by atoms with van der Waals surface area (Å²) in [4.78, 5) is 26.4. The molecule has 1 atom stereocenters. The van der Waals surface area contributed by atoms with Gasteiger partial charge in [0.25, 0.3) is 0 Å². The fourth-order valence-corrected chi connectivity index (χ4v) is 3.49. The van der Waals surface area contributed by atoms with Crippen LogP contribution in [0.1, 0.15) is 51.1 Å². The average Bonchev–Trinajstić information content (AvgIpc) is 2.83. The molecule has 3 rings (SSSR count). The van der Waals surface area contributed by atoms with Crippen molar-refractivity contribution in [1.29, 1.82) is 0 Å². The molecule has 0 spiro atoms. The number of carbonyl (C=O) groups is 2. The number of nitrogens with zero attached hydrogens (tertiary/aromatic N) is 1. The first-order valence-corrected chi connectivity index (χ1v) is 9.51. The summed E-state index contributed by atoms with van der Waals surface area (Å²) in [6.45, 7) is 6.03. The molecule has 1 unspecified atom stereocenters. The number of amides is 2. The van der Waals surface area contributed by atoms with Crippen molar-refractivity contribution in [2.45, 2.75) is 45.6 Å². The minimum Gasteiger partial charge on any atom is -0.486 e. The molecule has 26 heavy (non-hydrogen) atoms. The molecule has 0 bridgehead atoms. The molecule has 1 saturated heterocycles. The fourth-order valence-electron chi connectivity index (χ4n) is 3.49. The van der Waals surface area contributed by atoms with Gasteiger partial charge in [-0.05, 0) is 36.5 Å². The van der Waals surface area contributed by atoms with E-state index < -0.39 is 0 Å². The number of likely N-dealkylation sites (tertiary alicyclic amines) is 1. The van der Waals surface area contributed by atoms with Crippen molar-refractivity contribution in [3.05, 3.63) is 23.8 Å². The van der Waals surface area contributed by atoms with Crippen LogP contribution in [0.15, 0.2) is 18.2 Å². The topological polar surface area (TPSA) is 67.9 Å². The predicted molar refractivity (Wildman–Crippen MR) is 98.2 cm³/mol. The van der Waals surface area contributed by atoms with E-state index >= 15 is 0 Å². The van der Waals surface area contributed by atoms with Gasteiger partial charge in [0, 0.05) is 13.0 Å². The SMILES string of the molecule is CC(C)C(NC(=O)CN1CCCCCC1=O)c1ccc2c(c1)OCCO2. The molecular formula is C20H28N2O4. The van der Waals surface area contributed by atoms with Gasteiger partial charge < -0.3 is 19.7 Å². The van der Waals surface area contributed by atoms with Gasteiger partial charge in [0.1, 0.15) is 13.2 Å². The molecule has 0 aromatic heterocycles. The maximum Gasteiger partial charge on any atom is 0.240 e. The number of fused-ring (bicyclic) bond motifs is 1. The number of carbonyl (C=O) groups excluding carboxylic acids is 2. The van der Waals surface area contributed by atoms with Gasteiger partial charge >= 0.3 is 0 Å². The maximum absolute atomic E-state index is 12.6. The Balaban J connectivity index is 1.68. The highest BCUT2D eigenvalue weighted by molar-refractivity contribution is 5.85. The van der Waals surface area contributed by atoms with E-state index in [4.69, 9.17) is 9.47 Å². The zero-order valence-corrected chi connectivity index (χ0v) is 15.6. The molecule has 142 valence electrons. The first-order chi connectivity index (χ1) is 12.5. The van der Waals surface area contributed by atoms with E-state index in [1.165, 1.54) is 0 Å². The van der Waals surface area contributed by atoms with E-state index in [1.807, 2.05) is 18.2 Å². The summed E-state index contributed by atoms with van der Waals surface area (Å²) in [5, 5.41) is 3.10. The minimum atomic E-state index is -0.139. The Morgan fingerprint density at radius 1 is 1.15 bits per heavy atom. The van der Waals surface area contributed by atoms with Crippen molar-refractivity contribution in [2.24, 2.45) is 5.92 Å². The highest BCUT2D eigenvalue weighted by Crippen LogP contribution is 2.34. The zero-order valence-electron chi connectivity index (χ0n) is 15.6. The second kappa shape index (κ2) is 8.43. The third-order valence-electron chi connectivity index (χ3n) is 4.91. The second-order valence-corrected chi connectivity index (χ2v) is 7.32. The maximum atomic E-state index is 12.6. The van der Waals surface area contributed by atoms with Gasteiger partial charge in [0.05, 0.1) is 12.6 Å². The quantitative estimate of drug-likeness (QED) is 0.877. The third-order valence-corrected chi connectivity index (χ3v) is 4.91. The van der Waals surface area contributed by atoms with Crippen LogP contribution in [0.4, 0.5) is 0 Å². The molecule has 1 aromatic carbocycles. The van der Waals surface area contributed by atoms with Gasteiger partial charge in [-0.1, -0.05) is 26.3 Å². The van der Waals surface area contributed by atoms with Crippen LogP contribution in [0.5, 0.6) is 11.5 Å². The largest absolute Gasteiger partial charge is 0.486 e. The summed E-state index contributed by atoms with van der Waals surface area (Å²) in [6.07, 6.45) is 3.48. The standard InChI is InChI=1S/C20H28N2O4/c1-14(2)20(15-7-8-16-17(12-15)26-11-10-25-16)21-18(23)13-22-9-5-3-4-6-19(22)24/h7-8,12,14,20H,3-6,9-11,13H2,1-2H3,(H,21,23). The third kappa shape index (κ3) is 4.48. The Labute approximate surface area is 154 Å². The molecule has 6 heteroatoms. The van der Waals surface area contributed by atoms with Crippen LogP contribution in [0.25, 0.3) is 0 Å². The van der Waals surface area contributed by atoms with Crippen LogP contribution in [-0.4, -0.2) is 43.0 Å². The van der Waals surface area contributed by atoms with Gasteiger partial charge in [-0.15, -0.1) is 0 Å². The average molecular weight is 360 g/mol. The molecule has 1 N–H and O–H groups in total. The van der Waals surface area contributed by atoms with Crippen molar-refractivity contribution in [2.75, 3.05) is 26.3 Å². The van der Waals surface area contributed by atoms with Crippen molar-refractivity contribution in [3.63, 3.8) is 0 Å². The number of benzene rings is 1. The van der Waals surface area contributed by atoms with Crippen LogP contribution in [0, 0.1) is 5.92 Å². The number of ether oxygens (including phenoxy) is 2. The van der Waals surface area contributed by atoms with Crippen LogP contribution in [0.3, 0.4) is 0 Å². The zero-order chi connectivity index (χ0) is 18.5. The lowest BCUT2D eigenvalue weighted by atomic mass is 9.95. The van der Waals surface area contributed by atoms with Gasteiger partial charge in [-0.2, -0.15) is 0 Å². The fraction of sp³-hybridized carbons (Fsp3) is 0.600. The van der Waals surface area contributed by atoms with Crippen LogP contribution < -0.4 is 14.8 Å². The lowest BCUT2D eigenvalue weighted by Gasteiger charge is -2.27. The molecule has 6 nitrogen and oxygen atoms in total. The molecule has 1 aromatic rings. The highest BCUT2D eigenvalue weighted by atomic mass is 16.6. The van der Waals surface area contributed by atoms with E-state index in [1.54, 1.807) is 4.90 Å². The van der Waals surface area contributed by atoms with Crippen molar-refractivity contribution in [3.8, 4) is 11.5 Å². The Hall–Kier alpha value is -2.24. The van der Waals surface area contributed by atoms with Crippen LogP contribution in [0.2, 0.25) is 0 Å². The molecule has 1 fully saturated rings. The molecule has 0 saturated carbocycles. The van der Waals surface area contributed by atoms with Crippen LogP contribution >= 0.6 is 0 Å². The number of nitrogens with one attached hydrogen (secondary N) is 1. The van der Waals surface area contributed by atoms with Gasteiger partial charge in [-0.25, -0.2) is 0 Å². The van der Waals surface area contributed by atoms with Crippen molar-refractivity contribution < 1.29 is 19.1 Å². The lowest BCUT2D eigenvalue weighted by Crippen LogP contribution is -2.42. The normalized spacial score (nSPS) is 18.4. The molecule has 2 aliphatic heterocycles. The highest BCUT2D eigenvalue weighted by Gasteiger charge is 2.24. The Morgan fingerprint density at radius 3 is 2.69 bits per heavy atom. The molecular weight excluding hydrogens is 332 g/mol. The predicted octanol–water partition coefficient (Wildman–Crippen LogP) is 2.67. The summed E-state index contributed by atoms with van der Waals surface area (Å²) in [5.74, 6) is 1.63. The van der Waals surface area contributed by atoms with E-state index in [9.17, 15) is 9.59 Å². The summed E-state index contributed by atoms with van der Waals surface area (Å²) in [7, 11) is 0. The lowest BCUT2D eigenvalue weighted by molar-refractivity contribution is -0.136. The summed E-state index contributed by atoms with van der Waals surface area (Å²) >= 11 is 0. The Morgan fingerprint density at radius 2 is 1.92 bits per heavy atom. The number of hydrogen-bond donors (Lipinski definition) is 1. The van der Waals surface area contributed by atoms with E-state index in [0.29, 0.717) is 26.2 Å². The summed E-state index contributed by atoms with van der Waals surface area (Å²) in [6, 6.07) is 5.66. The Bertz CT molecular complexity index is 659. The smallest absolute Gasteiger partial charge is 0.240 e. The van der Waals surface area contributed by atoms with Crippen molar-refractivity contribution in [1.82, 2.24) is 10.2 Å². The first kappa shape index (κ1) is 18.5. The van der Waals surface area contributed by atoms with E-state index in [2.05, 4.69) is 19.2 Å². The summed E-state index contributed by atoms with van der Waals surface area (Å²) in [5.41, 5.74) is 0.986.